The van der Waals surface area contributed by atoms with Crippen LogP contribution in [0.15, 0.2) is 36.8 Å². The molecule has 0 aliphatic heterocycles. The molecule has 1 atom stereocenters. The lowest BCUT2D eigenvalue weighted by Crippen LogP contribution is -2.41. The first-order chi connectivity index (χ1) is 11.7. The Hall–Kier alpha value is -2.41. The van der Waals surface area contributed by atoms with Crippen molar-refractivity contribution in [3.63, 3.8) is 0 Å². The number of carbonyl (C=O) groups excluding carboxylic acids is 1. The Bertz CT molecular complexity index is 651. The van der Waals surface area contributed by atoms with Crippen molar-refractivity contribution in [2.75, 3.05) is 7.11 Å². The van der Waals surface area contributed by atoms with Gasteiger partial charge in [0.15, 0.2) is 0 Å². The number of hydrogen-bond donors (Lipinski definition) is 2. The van der Waals surface area contributed by atoms with Crippen molar-refractivity contribution >= 4 is 5.91 Å². The Kier molecular flexibility index (Phi) is 5.10. The number of aliphatic hydroxyl groups is 1. The number of rotatable bonds is 7. The summed E-state index contributed by atoms with van der Waals surface area (Å²) in [4.78, 5) is 16.5. The van der Waals surface area contributed by atoms with Gasteiger partial charge in [0.1, 0.15) is 0 Å². The summed E-state index contributed by atoms with van der Waals surface area (Å²) >= 11 is 0. The smallest absolute Gasteiger partial charge is 0.222 e. The standard InChI is InChI=1S/C17H22N4O3/c1-24-16-4-3-12(11-18-16)17(13-9-14(22)10-13)20-15(23)5-8-21-7-2-6-19-21/h2-4,6-7,11,13-14,17,22H,5,8-10H2,1H3,(H,20,23)/t13?,14?,17-/m0/s1. The minimum absolute atomic E-state index is 0.0345. The van der Waals surface area contributed by atoms with Crippen LogP contribution in [0.5, 0.6) is 5.88 Å². The fourth-order valence-electron chi connectivity index (χ4n) is 2.97. The fourth-order valence-corrected chi connectivity index (χ4v) is 2.97. The number of pyridine rings is 1. The molecule has 1 fully saturated rings. The summed E-state index contributed by atoms with van der Waals surface area (Å²) in [7, 11) is 1.57. The number of nitrogens with zero attached hydrogens (tertiary/aromatic N) is 3. The second-order valence-electron chi connectivity index (χ2n) is 6.08. The molecule has 3 rings (SSSR count). The Labute approximate surface area is 140 Å². The van der Waals surface area contributed by atoms with Gasteiger partial charge in [-0.3, -0.25) is 9.48 Å². The molecular formula is C17H22N4O3. The quantitative estimate of drug-likeness (QED) is 0.799. The summed E-state index contributed by atoms with van der Waals surface area (Å²) in [6.45, 7) is 0.541. The second-order valence-corrected chi connectivity index (χ2v) is 6.08. The number of nitrogens with one attached hydrogen (secondary N) is 1. The first kappa shape index (κ1) is 16.4. The van der Waals surface area contributed by atoms with E-state index in [2.05, 4.69) is 15.4 Å². The van der Waals surface area contributed by atoms with E-state index in [1.54, 1.807) is 30.3 Å². The van der Waals surface area contributed by atoms with Crippen LogP contribution in [0, 0.1) is 5.92 Å². The zero-order chi connectivity index (χ0) is 16.9. The number of aryl methyl sites for hydroxylation is 1. The van der Waals surface area contributed by atoms with Gasteiger partial charge in [-0.1, -0.05) is 6.07 Å². The number of carbonyl (C=O) groups is 1. The summed E-state index contributed by atoms with van der Waals surface area (Å²) in [5, 5.41) is 16.8. The van der Waals surface area contributed by atoms with Crippen LogP contribution in [0.3, 0.4) is 0 Å². The third kappa shape index (κ3) is 3.91. The molecule has 0 bridgehead atoms. The summed E-state index contributed by atoms with van der Waals surface area (Å²) in [6, 6.07) is 5.39. The maximum absolute atomic E-state index is 12.3. The van der Waals surface area contributed by atoms with Crippen molar-refractivity contribution in [1.29, 1.82) is 0 Å². The third-order valence-electron chi connectivity index (χ3n) is 4.39. The molecule has 7 heteroatoms. The molecule has 2 heterocycles. The van der Waals surface area contributed by atoms with E-state index in [1.165, 1.54) is 0 Å². The van der Waals surface area contributed by atoms with E-state index in [-0.39, 0.29) is 24.0 Å². The number of hydrogen-bond acceptors (Lipinski definition) is 5. The average molecular weight is 330 g/mol. The van der Waals surface area contributed by atoms with Crippen LogP contribution in [0.2, 0.25) is 0 Å². The normalized spacial score (nSPS) is 20.9. The van der Waals surface area contributed by atoms with Crippen molar-refractivity contribution in [1.82, 2.24) is 20.1 Å². The zero-order valence-electron chi connectivity index (χ0n) is 13.6. The highest BCUT2D eigenvalue weighted by atomic mass is 16.5. The molecule has 0 radical (unpaired) electrons. The summed E-state index contributed by atoms with van der Waals surface area (Å²) < 4.78 is 6.81. The Balaban J connectivity index is 1.64. The van der Waals surface area contributed by atoms with Crippen LogP contribution < -0.4 is 10.1 Å². The van der Waals surface area contributed by atoms with Gasteiger partial charge in [0.05, 0.1) is 19.3 Å². The third-order valence-corrected chi connectivity index (χ3v) is 4.39. The lowest BCUT2D eigenvalue weighted by Gasteiger charge is -2.38. The van der Waals surface area contributed by atoms with Gasteiger partial charge in [-0.25, -0.2) is 4.98 Å². The number of methoxy groups -OCH3 is 1. The van der Waals surface area contributed by atoms with E-state index in [4.69, 9.17) is 4.74 Å². The number of ether oxygens (including phenoxy) is 1. The molecule has 0 unspecified atom stereocenters. The molecule has 2 N–H and O–H groups in total. The van der Waals surface area contributed by atoms with Gasteiger partial charge in [0.25, 0.3) is 0 Å². The molecule has 2 aromatic heterocycles. The minimum atomic E-state index is -0.273. The van der Waals surface area contributed by atoms with Gasteiger partial charge in [0.2, 0.25) is 11.8 Å². The molecule has 1 saturated carbocycles. The van der Waals surface area contributed by atoms with Crippen LogP contribution in [0.25, 0.3) is 0 Å². The van der Waals surface area contributed by atoms with Crippen LogP contribution in [0.1, 0.15) is 30.9 Å². The van der Waals surface area contributed by atoms with E-state index >= 15 is 0 Å². The predicted molar refractivity (Wildman–Crippen MR) is 87.2 cm³/mol. The van der Waals surface area contributed by atoms with Gasteiger partial charge >= 0.3 is 0 Å². The Morgan fingerprint density at radius 1 is 1.50 bits per heavy atom. The van der Waals surface area contributed by atoms with E-state index in [0.717, 1.165) is 5.56 Å². The molecule has 128 valence electrons. The molecular weight excluding hydrogens is 308 g/mol. The molecule has 0 saturated heterocycles. The lowest BCUT2D eigenvalue weighted by molar-refractivity contribution is -0.123. The molecule has 7 nitrogen and oxygen atoms in total. The highest BCUT2D eigenvalue weighted by Crippen LogP contribution is 2.38. The molecule has 1 aliphatic rings. The van der Waals surface area contributed by atoms with Gasteiger partial charge in [0, 0.05) is 37.6 Å². The fraction of sp³-hybridized carbons (Fsp3) is 0.471. The maximum atomic E-state index is 12.3. The summed E-state index contributed by atoms with van der Waals surface area (Å²) in [5.41, 5.74) is 0.931. The monoisotopic (exact) mass is 330 g/mol. The number of amides is 1. The van der Waals surface area contributed by atoms with Gasteiger partial charge < -0.3 is 15.2 Å². The summed E-state index contributed by atoms with van der Waals surface area (Å²) in [5.74, 6) is 0.729. The van der Waals surface area contributed by atoms with Crippen LogP contribution in [0.4, 0.5) is 0 Å². The van der Waals surface area contributed by atoms with Crippen LogP contribution >= 0.6 is 0 Å². The predicted octanol–water partition coefficient (Wildman–Crippen LogP) is 1.31. The SMILES string of the molecule is COc1ccc([C@H](NC(=O)CCn2cccn2)C2CC(O)C2)cn1. The molecule has 0 aromatic carbocycles. The Morgan fingerprint density at radius 3 is 2.92 bits per heavy atom. The largest absolute Gasteiger partial charge is 0.481 e. The molecule has 0 spiro atoms. The maximum Gasteiger partial charge on any atom is 0.222 e. The minimum Gasteiger partial charge on any atom is -0.481 e. The number of aromatic nitrogens is 3. The number of aliphatic hydroxyl groups excluding tert-OH is 1. The molecule has 2 aromatic rings. The van der Waals surface area contributed by atoms with Crippen molar-refractivity contribution in [3.05, 3.63) is 42.4 Å². The molecule has 1 amide bonds. The molecule has 1 aliphatic carbocycles. The van der Waals surface area contributed by atoms with Crippen LogP contribution in [-0.2, 0) is 11.3 Å². The van der Waals surface area contributed by atoms with E-state index in [0.29, 0.717) is 31.7 Å². The van der Waals surface area contributed by atoms with Crippen molar-refractivity contribution in [3.8, 4) is 5.88 Å². The van der Waals surface area contributed by atoms with E-state index in [1.807, 2.05) is 18.3 Å². The topological polar surface area (TPSA) is 89.3 Å². The second kappa shape index (κ2) is 7.44. The van der Waals surface area contributed by atoms with E-state index in [9.17, 15) is 9.90 Å². The molecule has 24 heavy (non-hydrogen) atoms. The van der Waals surface area contributed by atoms with E-state index < -0.39 is 0 Å². The first-order valence-electron chi connectivity index (χ1n) is 8.10. The zero-order valence-corrected chi connectivity index (χ0v) is 13.6. The van der Waals surface area contributed by atoms with Gasteiger partial charge in [-0.05, 0) is 30.4 Å². The average Bonchev–Trinajstić information content (AvgIpc) is 3.09. The summed E-state index contributed by atoms with van der Waals surface area (Å²) in [6.07, 6.45) is 6.72. The van der Waals surface area contributed by atoms with Gasteiger partial charge in [-0.2, -0.15) is 5.10 Å². The highest BCUT2D eigenvalue weighted by molar-refractivity contribution is 5.76. The van der Waals surface area contributed by atoms with Crippen molar-refractivity contribution in [2.24, 2.45) is 5.92 Å². The lowest BCUT2D eigenvalue weighted by atomic mass is 9.75. The van der Waals surface area contributed by atoms with Crippen molar-refractivity contribution in [2.45, 2.75) is 38.0 Å². The van der Waals surface area contributed by atoms with Crippen LogP contribution in [-0.4, -0.2) is 39.0 Å². The highest BCUT2D eigenvalue weighted by Gasteiger charge is 2.35. The first-order valence-corrected chi connectivity index (χ1v) is 8.10. The van der Waals surface area contributed by atoms with Gasteiger partial charge in [-0.15, -0.1) is 0 Å². The van der Waals surface area contributed by atoms with Crippen molar-refractivity contribution < 1.29 is 14.6 Å². The Morgan fingerprint density at radius 2 is 2.33 bits per heavy atom.